The minimum Gasteiger partial charge on any atom is -0.325 e. The summed E-state index contributed by atoms with van der Waals surface area (Å²) >= 11 is 0. The van der Waals surface area contributed by atoms with Crippen LogP contribution in [0.15, 0.2) is 36.4 Å². The molecule has 1 aliphatic carbocycles. The molecule has 25 heavy (non-hydrogen) atoms. The summed E-state index contributed by atoms with van der Waals surface area (Å²) in [4.78, 5) is 25.1. The minimum atomic E-state index is -1.17. The zero-order chi connectivity index (χ0) is 18.2. The van der Waals surface area contributed by atoms with E-state index in [1.807, 2.05) is 32.0 Å². The Labute approximate surface area is 144 Å². The third kappa shape index (κ3) is 3.38. The van der Waals surface area contributed by atoms with Crippen LogP contribution in [0.25, 0.3) is 0 Å². The second-order valence-electron chi connectivity index (χ2n) is 6.44. The number of rotatable bonds is 4. The Morgan fingerprint density at radius 3 is 2.24 bits per heavy atom. The predicted octanol–water partition coefficient (Wildman–Crippen LogP) is 3.94. The van der Waals surface area contributed by atoms with Gasteiger partial charge < -0.3 is 10.6 Å². The quantitative estimate of drug-likeness (QED) is 0.826. The van der Waals surface area contributed by atoms with Crippen molar-refractivity contribution in [2.75, 3.05) is 10.6 Å². The molecule has 0 heterocycles. The molecule has 2 aromatic rings. The molecule has 2 amide bonds. The Bertz CT molecular complexity index is 860. The van der Waals surface area contributed by atoms with Crippen molar-refractivity contribution in [3.8, 4) is 0 Å². The molecule has 0 bridgehead atoms. The van der Waals surface area contributed by atoms with Gasteiger partial charge in [-0.05, 0) is 56.0 Å². The van der Waals surface area contributed by atoms with E-state index in [1.54, 1.807) is 0 Å². The van der Waals surface area contributed by atoms with Crippen molar-refractivity contribution in [1.29, 1.82) is 0 Å². The van der Waals surface area contributed by atoms with E-state index < -0.39 is 23.0 Å². The third-order valence-electron chi connectivity index (χ3n) is 4.44. The molecule has 1 fully saturated rings. The summed E-state index contributed by atoms with van der Waals surface area (Å²) in [5, 5.41) is 5.31. The number of hydrogen-bond donors (Lipinski definition) is 2. The molecule has 0 radical (unpaired) electrons. The van der Waals surface area contributed by atoms with Crippen molar-refractivity contribution in [2.45, 2.75) is 26.7 Å². The van der Waals surface area contributed by atoms with Gasteiger partial charge in [-0.2, -0.15) is 0 Å². The first-order valence-corrected chi connectivity index (χ1v) is 7.97. The highest BCUT2D eigenvalue weighted by Gasteiger charge is 2.56. The lowest BCUT2D eigenvalue weighted by atomic mass is 10.0. The van der Waals surface area contributed by atoms with Gasteiger partial charge in [-0.15, -0.1) is 0 Å². The number of hydrogen-bond acceptors (Lipinski definition) is 2. The summed E-state index contributed by atoms with van der Waals surface area (Å²) in [6.07, 6.45) is 0.832. The molecule has 2 aromatic carbocycles. The summed E-state index contributed by atoms with van der Waals surface area (Å²) in [6.45, 7) is 3.79. The lowest BCUT2D eigenvalue weighted by Gasteiger charge is -2.17. The van der Waals surface area contributed by atoms with E-state index in [2.05, 4.69) is 10.6 Å². The van der Waals surface area contributed by atoms with E-state index >= 15 is 0 Å². The molecule has 4 nitrogen and oxygen atoms in total. The van der Waals surface area contributed by atoms with E-state index in [0.29, 0.717) is 18.5 Å². The van der Waals surface area contributed by atoms with Crippen LogP contribution in [0, 0.1) is 30.9 Å². The van der Waals surface area contributed by atoms with Crippen LogP contribution in [0.4, 0.5) is 20.2 Å². The summed E-state index contributed by atoms with van der Waals surface area (Å²) in [7, 11) is 0. The number of anilines is 2. The van der Waals surface area contributed by atoms with Gasteiger partial charge in [-0.1, -0.05) is 12.1 Å². The maximum atomic E-state index is 13.3. The van der Waals surface area contributed by atoms with Crippen LogP contribution in [0.1, 0.15) is 24.0 Å². The zero-order valence-electron chi connectivity index (χ0n) is 14.0. The van der Waals surface area contributed by atoms with Gasteiger partial charge in [0.2, 0.25) is 11.8 Å². The highest BCUT2D eigenvalue weighted by molar-refractivity contribution is 6.17. The fourth-order valence-electron chi connectivity index (χ4n) is 2.62. The largest absolute Gasteiger partial charge is 0.325 e. The van der Waals surface area contributed by atoms with Crippen LogP contribution in [-0.4, -0.2) is 11.8 Å². The number of halogens is 2. The first-order chi connectivity index (χ1) is 11.8. The van der Waals surface area contributed by atoms with Gasteiger partial charge in [-0.25, -0.2) is 8.78 Å². The van der Waals surface area contributed by atoms with E-state index in [4.69, 9.17) is 0 Å². The highest BCUT2D eigenvalue weighted by Crippen LogP contribution is 2.47. The number of carbonyl (C=O) groups excluding carboxylic acids is 2. The third-order valence-corrected chi connectivity index (χ3v) is 4.44. The molecular formula is C19H18F2N2O2. The predicted molar refractivity (Wildman–Crippen MR) is 91.2 cm³/mol. The molecule has 1 aliphatic rings. The van der Waals surface area contributed by atoms with Crippen molar-refractivity contribution in [3.05, 3.63) is 59.2 Å². The van der Waals surface area contributed by atoms with Crippen molar-refractivity contribution < 1.29 is 18.4 Å². The molecule has 0 saturated heterocycles. The van der Waals surface area contributed by atoms with Crippen LogP contribution in [-0.2, 0) is 9.59 Å². The number of amides is 2. The van der Waals surface area contributed by atoms with E-state index in [9.17, 15) is 18.4 Å². The Hall–Kier alpha value is -2.76. The van der Waals surface area contributed by atoms with Crippen molar-refractivity contribution in [1.82, 2.24) is 0 Å². The van der Waals surface area contributed by atoms with Gasteiger partial charge in [0.25, 0.3) is 0 Å². The molecule has 130 valence electrons. The number of benzene rings is 2. The van der Waals surface area contributed by atoms with E-state index in [-0.39, 0.29) is 11.6 Å². The van der Waals surface area contributed by atoms with E-state index in [0.717, 1.165) is 23.3 Å². The van der Waals surface area contributed by atoms with Gasteiger partial charge >= 0.3 is 0 Å². The Morgan fingerprint density at radius 2 is 1.60 bits per heavy atom. The molecule has 0 unspecified atom stereocenters. The van der Waals surface area contributed by atoms with Crippen molar-refractivity contribution in [3.63, 3.8) is 0 Å². The SMILES string of the molecule is Cc1ccc(C)c(NC(=O)C2(C(=O)Nc3ccc(F)c(F)c3)CC2)c1. The van der Waals surface area contributed by atoms with Gasteiger partial charge in [0.1, 0.15) is 5.41 Å². The molecule has 2 N–H and O–H groups in total. The molecule has 0 aliphatic heterocycles. The maximum absolute atomic E-state index is 13.3. The summed E-state index contributed by atoms with van der Waals surface area (Å²) in [5.74, 6) is -2.95. The standard InChI is InChI=1S/C19H18F2N2O2/c1-11-3-4-12(2)16(9-11)23-18(25)19(7-8-19)17(24)22-13-5-6-14(20)15(21)10-13/h3-6,9-10H,7-8H2,1-2H3,(H,22,24)(H,23,25). The van der Waals surface area contributed by atoms with Crippen LogP contribution >= 0.6 is 0 Å². The van der Waals surface area contributed by atoms with Crippen molar-refractivity contribution >= 4 is 23.2 Å². The first-order valence-electron chi connectivity index (χ1n) is 7.97. The smallest absolute Gasteiger partial charge is 0.240 e. The zero-order valence-corrected chi connectivity index (χ0v) is 14.0. The number of aryl methyl sites for hydroxylation is 2. The lowest BCUT2D eigenvalue weighted by Crippen LogP contribution is -2.35. The molecule has 1 saturated carbocycles. The number of nitrogens with one attached hydrogen (secondary N) is 2. The van der Waals surface area contributed by atoms with Crippen LogP contribution < -0.4 is 10.6 Å². The van der Waals surface area contributed by atoms with Crippen LogP contribution in [0.5, 0.6) is 0 Å². The molecular weight excluding hydrogens is 326 g/mol. The molecule has 6 heteroatoms. The van der Waals surface area contributed by atoms with Crippen molar-refractivity contribution in [2.24, 2.45) is 5.41 Å². The maximum Gasteiger partial charge on any atom is 0.240 e. The van der Waals surface area contributed by atoms with Gasteiger partial charge in [0.15, 0.2) is 11.6 Å². The average Bonchev–Trinajstić information content (AvgIpc) is 3.36. The highest BCUT2D eigenvalue weighted by atomic mass is 19.2. The summed E-state index contributed by atoms with van der Waals surface area (Å²) in [6, 6.07) is 8.76. The molecule has 0 spiro atoms. The van der Waals surface area contributed by atoms with Crippen LogP contribution in [0.3, 0.4) is 0 Å². The number of carbonyl (C=O) groups is 2. The van der Waals surface area contributed by atoms with E-state index in [1.165, 1.54) is 6.07 Å². The lowest BCUT2D eigenvalue weighted by molar-refractivity contribution is -0.131. The Balaban J connectivity index is 1.74. The second kappa shape index (κ2) is 6.27. The molecule has 3 rings (SSSR count). The fraction of sp³-hybridized carbons (Fsp3) is 0.263. The Kier molecular flexibility index (Phi) is 4.29. The second-order valence-corrected chi connectivity index (χ2v) is 6.44. The normalized spacial score (nSPS) is 14.7. The summed E-state index contributed by atoms with van der Waals surface area (Å²) in [5.41, 5.74) is 1.51. The fourth-order valence-corrected chi connectivity index (χ4v) is 2.62. The minimum absolute atomic E-state index is 0.120. The molecule has 0 aromatic heterocycles. The summed E-state index contributed by atoms with van der Waals surface area (Å²) < 4.78 is 26.2. The van der Waals surface area contributed by atoms with Gasteiger partial charge in [0.05, 0.1) is 0 Å². The topological polar surface area (TPSA) is 58.2 Å². The van der Waals surface area contributed by atoms with Crippen LogP contribution in [0.2, 0.25) is 0 Å². The monoisotopic (exact) mass is 344 g/mol. The average molecular weight is 344 g/mol. The Morgan fingerprint density at radius 1 is 0.920 bits per heavy atom. The van der Waals surface area contributed by atoms with Gasteiger partial charge in [-0.3, -0.25) is 9.59 Å². The first kappa shape index (κ1) is 17.1. The molecule has 0 atom stereocenters. The van der Waals surface area contributed by atoms with Gasteiger partial charge in [0, 0.05) is 17.4 Å².